The fourth-order valence-corrected chi connectivity index (χ4v) is 3.97. The third-order valence-corrected chi connectivity index (χ3v) is 5.78. The summed E-state index contributed by atoms with van der Waals surface area (Å²) in [7, 11) is 0. The number of aliphatic hydroxyl groups is 1. The minimum Gasteiger partial charge on any atom is -0.507 e. The summed E-state index contributed by atoms with van der Waals surface area (Å²) in [5, 5.41) is 28.8. The second-order valence-corrected chi connectivity index (χ2v) is 9.72. The first-order chi connectivity index (χ1) is 17.9. The van der Waals surface area contributed by atoms with E-state index >= 15 is 0 Å². The lowest BCUT2D eigenvalue weighted by Gasteiger charge is -2.23. The first-order valence-electron chi connectivity index (χ1n) is 12.0. The molecule has 38 heavy (non-hydrogen) atoms. The van der Waals surface area contributed by atoms with Crippen LogP contribution in [0.4, 0.5) is 8.78 Å². The van der Waals surface area contributed by atoms with Crippen LogP contribution in [-0.4, -0.2) is 60.5 Å². The van der Waals surface area contributed by atoms with E-state index in [9.17, 15) is 23.8 Å². The van der Waals surface area contributed by atoms with Gasteiger partial charge in [-0.25, -0.2) is 13.8 Å². The highest BCUT2D eigenvalue weighted by Crippen LogP contribution is 2.23. The molecule has 9 nitrogen and oxygen atoms in total. The summed E-state index contributed by atoms with van der Waals surface area (Å²) >= 11 is 0. The van der Waals surface area contributed by atoms with Gasteiger partial charge in [-0.1, -0.05) is 12.1 Å². The zero-order valence-electron chi connectivity index (χ0n) is 21.3. The van der Waals surface area contributed by atoms with Gasteiger partial charge in [0.15, 0.2) is 6.61 Å². The highest BCUT2D eigenvalue weighted by atomic mass is 19.3. The van der Waals surface area contributed by atoms with Crippen LogP contribution in [0.1, 0.15) is 41.0 Å². The molecule has 3 N–H and O–H groups in total. The molecular weight excluding hydrogens is 496 g/mol. The number of carbonyl (C=O) groups is 1. The average molecular weight is 526 g/mol. The summed E-state index contributed by atoms with van der Waals surface area (Å²) in [6.07, 6.45) is 5.12. The summed E-state index contributed by atoms with van der Waals surface area (Å²) in [6, 6.07) is 9.74. The molecule has 200 valence electrons. The Bertz CT molecular complexity index is 1450. The van der Waals surface area contributed by atoms with Crippen LogP contribution < -0.4 is 10.1 Å². The molecule has 0 saturated heterocycles. The maximum absolute atomic E-state index is 13.1. The molecule has 0 spiro atoms. The number of carbonyl (C=O) groups excluding carboxylic acids is 1. The molecule has 1 unspecified atom stereocenters. The van der Waals surface area contributed by atoms with E-state index in [4.69, 9.17) is 4.74 Å². The largest absolute Gasteiger partial charge is 0.507 e. The Morgan fingerprint density at radius 1 is 1.18 bits per heavy atom. The zero-order valence-corrected chi connectivity index (χ0v) is 21.3. The summed E-state index contributed by atoms with van der Waals surface area (Å²) in [5.41, 5.74) is 1.52. The van der Waals surface area contributed by atoms with Crippen molar-refractivity contribution in [3.8, 4) is 11.6 Å². The number of nitrogens with one attached hydrogen (secondary N) is 1. The number of pyridine rings is 2. The predicted molar refractivity (Wildman–Crippen MR) is 136 cm³/mol. The van der Waals surface area contributed by atoms with Crippen LogP contribution in [0.5, 0.6) is 11.6 Å². The van der Waals surface area contributed by atoms with Crippen molar-refractivity contribution < 1.29 is 28.5 Å². The molecule has 0 aliphatic rings. The van der Waals surface area contributed by atoms with Gasteiger partial charge in [-0.2, -0.15) is 5.10 Å². The van der Waals surface area contributed by atoms with Gasteiger partial charge in [0, 0.05) is 49.4 Å². The molecule has 1 atom stereocenters. The smallest absolute Gasteiger partial charge is 0.278 e. The molecule has 11 heteroatoms. The first-order valence-corrected chi connectivity index (χ1v) is 12.0. The van der Waals surface area contributed by atoms with Crippen LogP contribution in [0.25, 0.3) is 10.9 Å². The minimum atomic E-state index is -2.95. The van der Waals surface area contributed by atoms with E-state index in [-0.39, 0.29) is 30.2 Å². The average Bonchev–Trinajstić information content (AvgIpc) is 3.25. The van der Waals surface area contributed by atoms with Crippen molar-refractivity contribution >= 4 is 16.8 Å². The van der Waals surface area contributed by atoms with Gasteiger partial charge in [0.2, 0.25) is 5.88 Å². The Morgan fingerprint density at radius 2 is 1.95 bits per heavy atom. The van der Waals surface area contributed by atoms with Crippen LogP contribution in [0.15, 0.2) is 55.0 Å². The highest BCUT2D eigenvalue weighted by molar-refractivity contribution is 5.96. The molecule has 1 aromatic carbocycles. The molecular formula is C27H29F2N5O4. The Kier molecular flexibility index (Phi) is 7.58. The number of rotatable bonds is 10. The van der Waals surface area contributed by atoms with Crippen LogP contribution >= 0.6 is 0 Å². The lowest BCUT2D eigenvalue weighted by Crippen LogP contribution is -2.42. The number of halogens is 2. The van der Waals surface area contributed by atoms with E-state index in [1.165, 1.54) is 12.1 Å². The number of hydrogen-bond acceptors (Lipinski definition) is 7. The molecule has 0 saturated carbocycles. The van der Waals surface area contributed by atoms with E-state index < -0.39 is 24.0 Å². The zero-order chi connectivity index (χ0) is 27.5. The number of phenols is 1. The number of fused-ring (bicyclic) bond motifs is 1. The number of aryl methyl sites for hydroxylation is 1. The van der Waals surface area contributed by atoms with Gasteiger partial charge in [0.25, 0.3) is 11.8 Å². The second-order valence-electron chi connectivity index (χ2n) is 9.72. The topological polar surface area (TPSA) is 122 Å². The van der Waals surface area contributed by atoms with Crippen LogP contribution in [-0.2, 0) is 13.0 Å². The quantitative estimate of drug-likeness (QED) is 0.289. The van der Waals surface area contributed by atoms with Gasteiger partial charge < -0.3 is 20.3 Å². The van der Waals surface area contributed by atoms with Crippen LogP contribution in [0.2, 0.25) is 0 Å². The fraction of sp³-hybridized carbons (Fsp3) is 0.333. The predicted octanol–water partition coefficient (Wildman–Crippen LogP) is 3.65. The van der Waals surface area contributed by atoms with Crippen LogP contribution in [0, 0.1) is 6.92 Å². The van der Waals surface area contributed by atoms with E-state index in [1.54, 1.807) is 55.2 Å². The number of nitrogens with zero attached hydrogens (tertiary/aromatic N) is 4. The molecule has 3 heterocycles. The summed E-state index contributed by atoms with van der Waals surface area (Å²) in [5.74, 6) is -3.43. The van der Waals surface area contributed by atoms with Gasteiger partial charge in [0.05, 0.1) is 28.9 Å². The minimum absolute atomic E-state index is 0.0598. The Balaban J connectivity index is 1.44. The van der Waals surface area contributed by atoms with E-state index in [0.29, 0.717) is 23.3 Å². The number of phenolic OH excluding ortho intramolecular Hbond substituents is 1. The molecule has 0 bridgehead atoms. The molecule has 0 aliphatic carbocycles. The van der Waals surface area contributed by atoms with Crippen molar-refractivity contribution in [1.82, 2.24) is 25.1 Å². The highest BCUT2D eigenvalue weighted by Gasteiger charge is 2.25. The first kappa shape index (κ1) is 26.9. The van der Waals surface area contributed by atoms with Crippen molar-refractivity contribution in [1.29, 1.82) is 0 Å². The lowest BCUT2D eigenvalue weighted by atomic mass is 9.98. The van der Waals surface area contributed by atoms with Crippen molar-refractivity contribution in [3.05, 3.63) is 77.4 Å². The molecule has 4 rings (SSSR count). The standard InChI is InChI=1S/C27H29F2N5O4/c1-17-10-18(12-31-25(17)38-16-27(3,28)29)13-34-14-20-21(33-34)8-9-30-22(20)11-26(2,37)15-32-24(36)19-6-4-5-7-23(19)35/h4-10,12,14,35,37H,11,13,15-16H2,1-3H3,(H,32,36). The monoisotopic (exact) mass is 525 g/mol. The lowest BCUT2D eigenvalue weighted by molar-refractivity contribution is -0.0244. The molecule has 4 aromatic rings. The molecule has 0 radical (unpaired) electrons. The Hall–Kier alpha value is -4.12. The van der Waals surface area contributed by atoms with E-state index in [1.807, 2.05) is 6.20 Å². The van der Waals surface area contributed by atoms with Crippen molar-refractivity contribution in [2.45, 2.75) is 45.3 Å². The fourth-order valence-electron chi connectivity index (χ4n) is 3.97. The number of benzene rings is 1. The van der Waals surface area contributed by atoms with Gasteiger partial charge in [-0.3, -0.25) is 14.5 Å². The van der Waals surface area contributed by atoms with Crippen molar-refractivity contribution in [2.75, 3.05) is 13.2 Å². The molecule has 0 aliphatic heterocycles. The number of ether oxygens (including phenoxy) is 1. The normalized spacial score (nSPS) is 13.3. The maximum Gasteiger partial charge on any atom is 0.278 e. The third kappa shape index (κ3) is 6.80. The Morgan fingerprint density at radius 3 is 2.66 bits per heavy atom. The number of aromatic hydroxyl groups is 1. The summed E-state index contributed by atoms with van der Waals surface area (Å²) < 4.78 is 33.0. The van der Waals surface area contributed by atoms with Crippen molar-refractivity contribution in [3.63, 3.8) is 0 Å². The maximum atomic E-state index is 13.1. The summed E-state index contributed by atoms with van der Waals surface area (Å²) in [4.78, 5) is 21.0. The SMILES string of the molecule is Cc1cc(Cn2cc3c(CC(C)(O)CNC(=O)c4ccccc4O)nccc3n2)cnc1OCC(C)(F)F. The molecule has 1 amide bonds. The number of hydrogen-bond donors (Lipinski definition) is 3. The van der Waals surface area contributed by atoms with Gasteiger partial charge in [-0.05, 0) is 43.7 Å². The van der Waals surface area contributed by atoms with Gasteiger partial charge in [0.1, 0.15) is 5.75 Å². The number of alkyl halides is 2. The number of aromatic nitrogens is 4. The third-order valence-electron chi connectivity index (χ3n) is 5.78. The van der Waals surface area contributed by atoms with Crippen LogP contribution in [0.3, 0.4) is 0 Å². The van der Waals surface area contributed by atoms with E-state index in [2.05, 4.69) is 20.4 Å². The van der Waals surface area contributed by atoms with Gasteiger partial charge in [-0.15, -0.1) is 0 Å². The number of para-hydroxylation sites is 1. The Labute approximate surface area is 218 Å². The second kappa shape index (κ2) is 10.7. The van der Waals surface area contributed by atoms with Crippen molar-refractivity contribution in [2.24, 2.45) is 0 Å². The molecule has 3 aromatic heterocycles. The number of amides is 1. The van der Waals surface area contributed by atoms with Gasteiger partial charge >= 0.3 is 0 Å². The van der Waals surface area contributed by atoms with E-state index in [0.717, 1.165) is 17.9 Å². The molecule has 0 fully saturated rings. The summed E-state index contributed by atoms with van der Waals surface area (Å²) in [6.45, 7) is 3.68.